The first-order valence-corrected chi connectivity index (χ1v) is 7.75. The van der Waals surface area contributed by atoms with E-state index in [0.717, 1.165) is 29.6 Å². The van der Waals surface area contributed by atoms with E-state index in [0.29, 0.717) is 0 Å². The van der Waals surface area contributed by atoms with Crippen LogP contribution in [0.25, 0.3) is 0 Å². The molecule has 2 aromatic rings. The molecule has 0 aliphatic heterocycles. The van der Waals surface area contributed by atoms with Crippen LogP contribution < -0.4 is 10.2 Å². The van der Waals surface area contributed by atoms with Crippen LogP contribution in [0, 0.1) is 5.82 Å². The number of halogens is 1. The molecule has 1 aromatic heterocycles. The van der Waals surface area contributed by atoms with Crippen LogP contribution in [0.15, 0.2) is 29.6 Å². The van der Waals surface area contributed by atoms with Crippen molar-refractivity contribution in [2.75, 3.05) is 18.0 Å². The van der Waals surface area contributed by atoms with E-state index in [4.69, 9.17) is 0 Å². The van der Waals surface area contributed by atoms with Gasteiger partial charge in [0.2, 0.25) is 0 Å². The third kappa shape index (κ3) is 3.35. The van der Waals surface area contributed by atoms with Gasteiger partial charge in [-0.15, -0.1) is 11.3 Å². The maximum atomic E-state index is 13.0. The van der Waals surface area contributed by atoms with Crippen molar-refractivity contribution in [3.05, 3.63) is 41.2 Å². The number of nitrogens with zero attached hydrogens (tertiary/aromatic N) is 2. The Balaban J connectivity index is 2.22. The van der Waals surface area contributed by atoms with Crippen molar-refractivity contribution in [2.45, 2.75) is 26.8 Å². The first-order valence-electron chi connectivity index (χ1n) is 6.87. The Morgan fingerprint density at radius 1 is 1.30 bits per heavy atom. The van der Waals surface area contributed by atoms with Gasteiger partial charge in [-0.1, -0.05) is 6.92 Å². The maximum absolute atomic E-state index is 13.0. The van der Waals surface area contributed by atoms with Crippen LogP contribution in [0.4, 0.5) is 15.2 Å². The van der Waals surface area contributed by atoms with E-state index < -0.39 is 0 Å². The fraction of sp³-hybridized carbons (Fsp3) is 0.400. The normalized spacial score (nSPS) is 12.4. The van der Waals surface area contributed by atoms with Gasteiger partial charge < -0.3 is 10.2 Å². The van der Waals surface area contributed by atoms with Crippen molar-refractivity contribution in [1.82, 2.24) is 10.3 Å². The maximum Gasteiger partial charge on any atom is 0.190 e. The molecule has 0 saturated carbocycles. The monoisotopic (exact) mass is 293 g/mol. The van der Waals surface area contributed by atoms with E-state index in [-0.39, 0.29) is 11.9 Å². The van der Waals surface area contributed by atoms with E-state index in [9.17, 15) is 4.39 Å². The van der Waals surface area contributed by atoms with Gasteiger partial charge in [-0.05, 0) is 44.7 Å². The highest BCUT2D eigenvalue weighted by Gasteiger charge is 2.14. The molecule has 1 unspecified atom stereocenters. The SMILES string of the molecule is CCNC(C)c1csc(N(CC)c2ccc(F)cc2)n1. The lowest BCUT2D eigenvalue weighted by Gasteiger charge is -2.20. The quantitative estimate of drug-likeness (QED) is 0.868. The molecule has 0 amide bonds. The van der Waals surface area contributed by atoms with Crippen molar-refractivity contribution in [1.29, 1.82) is 0 Å². The summed E-state index contributed by atoms with van der Waals surface area (Å²) >= 11 is 1.62. The number of aromatic nitrogens is 1. The van der Waals surface area contributed by atoms with E-state index in [1.165, 1.54) is 12.1 Å². The molecule has 5 heteroatoms. The summed E-state index contributed by atoms with van der Waals surface area (Å²) in [5.41, 5.74) is 2.01. The van der Waals surface area contributed by atoms with E-state index in [2.05, 4.69) is 41.4 Å². The second-order valence-corrected chi connectivity index (χ2v) is 5.39. The molecular formula is C15H20FN3S. The van der Waals surface area contributed by atoms with Gasteiger partial charge in [0, 0.05) is 23.7 Å². The minimum atomic E-state index is -0.217. The Morgan fingerprint density at radius 3 is 2.60 bits per heavy atom. The Hall–Kier alpha value is -1.46. The van der Waals surface area contributed by atoms with Crippen molar-refractivity contribution >= 4 is 22.2 Å². The number of thiazole rings is 1. The Kier molecular flexibility index (Phi) is 5.09. The molecule has 1 atom stereocenters. The molecule has 0 saturated heterocycles. The van der Waals surface area contributed by atoms with Crippen LogP contribution >= 0.6 is 11.3 Å². The zero-order chi connectivity index (χ0) is 14.5. The number of hydrogen-bond acceptors (Lipinski definition) is 4. The van der Waals surface area contributed by atoms with Crippen LogP contribution in [-0.4, -0.2) is 18.1 Å². The highest BCUT2D eigenvalue weighted by molar-refractivity contribution is 7.13. The molecule has 20 heavy (non-hydrogen) atoms. The average molecular weight is 293 g/mol. The van der Waals surface area contributed by atoms with Gasteiger partial charge in [-0.2, -0.15) is 0 Å². The predicted octanol–water partition coefficient (Wildman–Crippen LogP) is 4.11. The fourth-order valence-electron chi connectivity index (χ4n) is 2.06. The molecule has 0 radical (unpaired) electrons. The van der Waals surface area contributed by atoms with E-state index >= 15 is 0 Å². The molecule has 1 heterocycles. The van der Waals surface area contributed by atoms with Gasteiger partial charge in [0.25, 0.3) is 0 Å². The molecule has 2 rings (SSSR count). The first kappa shape index (κ1) is 14.9. The smallest absolute Gasteiger partial charge is 0.190 e. The van der Waals surface area contributed by atoms with Gasteiger partial charge in [-0.3, -0.25) is 0 Å². The molecular weight excluding hydrogens is 273 g/mol. The number of hydrogen-bond donors (Lipinski definition) is 1. The summed E-state index contributed by atoms with van der Waals surface area (Å²) in [4.78, 5) is 6.78. The summed E-state index contributed by atoms with van der Waals surface area (Å²) in [7, 11) is 0. The van der Waals surface area contributed by atoms with Gasteiger partial charge in [0.15, 0.2) is 5.13 Å². The average Bonchev–Trinajstić information content (AvgIpc) is 2.92. The summed E-state index contributed by atoms with van der Waals surface area (Å²) in [6, 6.07) is 6.78. The van der Waals surface area contributed by atoms with Crippen molar-refractivity contribution < 1.29 is 4.39 Å². The largest absolute Gasteiger partial charge is 0.318 e. The predicted molar refractivity (Wildman–Crippen MR) is 83.3 cm³/mol. The molecule has 0 fully saturated rings. The van der Waals surface area contributed by atoms with Gasteiger partial charge in [-0.25, -0.2) is 9.37 Å². The number of rotatable bonds is 6. The molecule has 0 aliphatic rings. The lowest BCUT2D eigenvalue weighted by atomic mass is 10.2. The lowest BCUT2D eigenvalue weighted by molar-refractivity contribution is 0.586. The molecule has 1 N–H and O–H groups in total. The molecule has 1 aromatic carbocycles. The topological polar surface area (TPSA) is 28.2 Å². The summed E-state index contributed by atoms with van der Waals surface area (Å²) in [6.45, 7) is 7.98. The zero-order valence-electron chi connectivity index (χ0n) is 12.1. The summed E-state index contributed by atoms with van der Waals surface area (Å²) in [6.07, 6.45) is 0. The van der Waals surface area contributed by atoms with Crippen LogP contribution in [0.1, 0.15) is 32.5 Å². The second kappa shape index (κ2) is 6.81. The second-order valence-electron chi connectivity index (χ2n) is 4.55. The summed E-state index contributed by atoms with van der Waals surface area (Å²) in [5, 5.41) is 6.38. The highest BCUT2D eigenvalue weighted by atomic mass is 32.1. The molecule has 3 nitrogen and oxygen atoms in total. The third-order valence-corrected chi connectivity index (χ3v) is 4.03. The van der Waals surface area contributed by atoms with Crippen molar-refractivity contribution in [3.63, 3.8) is 0 Å². The Labute approximate surface area is 123 Å². The molecule has 0 bridgehead atoms. The number of benzene rings is 1. The van der Waals surface area contributed by atoms with Gasteiger partial charge >= 0.3 is 0 Å². The van der Waals surface area contributed by atoms with E-state index in [1.54, 1.807) is 23.5 Å². The molecule has 108 valence electrons. The van der Waals surface area contributed by atoms with Crippen LogP contribution in [0.2, 0.25) is 0 Å². The first-order chi connectivity index (χ1) is 9.65. The molecule has 0 aliphatic carbocycles. The zero-order valence-corrected chi connectivity index (χ0v) is 12.9. The standard InChI is InChI=1S/C15H20FN3S/c1-4-17-11(3)14-10-20-15(18-14)19(5-2)13-8-6-12(16)7-9-13/h6-11,17H,4-5H2,1-3H3. The van der Waals surface area contributed by atoms with Crippen LogP contribution in [0.3, 0.4) is 0 Å². The van der Waals surface area contributed by atoms with Crippen molar-refractivity contribution in [3.8, 4) is 0 Å². The summed E-state index contributed by atoms with van der Waals surface area (Å²) in [5.74, 6) is -0.217. The third-order valence-electron chi connectivity index (χ3n) is 3.15. The summed E-state index contributed by atoms with van der Waals surface area (Å²) < 4.78 is 13.0. The number of nitrogens with one attached hydrogen (secondary N) is 1. The fourth-order valence-corrected chi connectivity index (χ4v) is 3.06. The minimum Gasteiger partial charge on any atom is -0.318 e. The van der Waals surface area contributed by atoms with Crippen LogP contribution in [0.5, 0.6) is 0 Å². The van der Waals surface area contributed by atoms with Gasteiger partial charge in [0.05, 0.1) is 5.69 Å². The Morgan fingerprint density at radius 2 is 2.00 bits per heavy atom. The van der Waals surface area contributed by atoms with Crippen LogP contribution in [-0.2, 0) is 0 Å². The minimum absolute atomic E-state index is 0.217. The Bertz CT molecular complexity index is 538. The highest BCUT2D eigenvalue weighted by Crippen LogP contribution is 2.30. The lowest BCUT2D eigenvalue weighted by Crippen LogP contribution is -2.19. The van der Waals surface area contributed by atoms with Gasteiger partial charge in [0.1, 0.15) is 5.82 Å². The molecule has 0 spiro atoms. The van der Waals surface area contributed by atoms with Crippen molar-refractivity contribution in [2.24, 2.45) is 0 Å². The van der Waals surface area contributed by atoms with E-state index in [1.807, 2.05) is 0 Å². The number of anilines is 2.